The van der Waals surface area contributed by atoms with Crippen LogP contribution in [0.1, 0.15) is 25.8 Å². The van der Waals surface area contributed by atoms with E-state index in [1.54, 1.807) is 0 Å². The summed E-state index contributed by atoms with van der Waals surface area (Å²) in [4.78, 5) is 4.06. The van der Waals surface area contributed by atoms with Crippen molar-refractivity contribution in [2.45, 2.75) is 26.3 Å². The molecule has 0 aliphatic rings. The van der Waals surface area contributed by atoms with E-state index in [1.165, 1.54) is 10.7 Å². The van der Waals surface area contributed by atoms with Crippen LogP contribution in [0.5, 0.6) is 0 Å². The molecule has 1 unspecified atom stereocenters. The first-order chi connectivity index (χ1) is 12.4. The number of nitrogens with zero attached hydrogens (tertiary/aromatic N) is 4. The number of halogens is 4. The topological polar surface area (TPSA) is 66.0 Å². The number of nitriles is 1. The van der Waals surface area contributed by atoms with Gasteiger partial charge in [0.05, 0.1) is 17.3 Å². The zero-order chi connectivity index (χ0) is 19.0. The highest BCUT2D eigenvalue weighted by Crippen LogP contribution is 2.38. The van der Waals surface area contributed by atoms with E-state index in [2.05, 4.69) is 15.4 Å². The van der Waals surface area contributed by atoms with Gasteiger partial charge in [-0.05, 0) is 13.3 Å². The lowest BCUT2D eigenvalue weighted by Gasteiger charge is -2.19. The van der Waals surface area contributed by atoms with Crippen molar-refractivity contribution in [3.63, 3.8) is 0 Å². The third kappa shape index (κ3) is 2.95. The fourth-order valence-corrected chi connectivity index (χ4v) is 2.78. The van der Waals surface area contributed by atoms with Crippen LogP contribution in [0.15, 0.2) is 18.3 Å². The molecule has 0 spiro atoms. The Morgan fingerprint density at radius 2 is 1.92 bits per heavy atom. The largest absolute Gasteiger partial charge is 0.367 e. The third-order valence-electron chi connectivity index (χ3n) is 3.98. The van der Waals surface area contributed by atoms with Crippen LogP contribution in [0.3, 0.4) is 0 Å². The van der Waals surface area contributed by atoms with E-state index in [1.807, 2.05) is 19.9 Å². The molecule has 9 heteroatoms. The molecule has 0 saturated carbocycles. The van der Waals surface area contributed by atoms with E-state index in [0.29, 0.717) is 18.6 Å². The van der Waals surface area contributed by atoms with Crippen molar-refractivity contribution in [1.82, 2.24) is 14.6 Å². The van der Waals surface area contributed by atoms with Crippen LogP contribution in [0.2, 0.25) is 5.15 Å². The Balaban J connectivity index is 2.40. The second-order valence-electron chi connectivity index (χ2n) is 5.73. The minimum atomic E-state index is -1.12. The molecule has 1 N–H and O–H groups in total. The molecule has 5 nitrogen and oxygen atoms in total. The van der Waals surface area contributed by atoms with E-state index < -0.39 is 23.0 Å². The number of hydrogen-bond acceptors (Lipinski definition) is 4. The monoisotopic (exact) mass is 379 g/mol. The number of benzene rings is 1. The molecule has 2 heterocycles. The quantitative estimate of drug-likeness (QED) is 0.675. The average molecular weight is 380 g/mol. The maximum Gasteiger partial charge on any atom is 0.176 e. The Kier molecular flexibility index (Phi) is 4.74. The molecular formula is C17H13ClF3N5. The summed E-state index contributed by atoms with van der Waals surface area (Å²) in [5, 5.41) is 16.1. The zero-order valence-corrected chi connectivity index (χ0v) is 14.6. The number of hydrogen-bond donors (Lipinski definition) is 1. The van der Waals surface area contributed by atoms with Crippen molar-refractivity contribution in [2.75, 3.05) is 5.32 Å². The molecule has 0 bridgehead atoms. The fraction of sp³-hybridized carbons (Fsp3) is 0.235. The fourth-order valence-electron chi connectivity index (χ4n) is 2.52. The van der Waals surface area contributed by atoms with Crippen molar-refractivity contribution in [3.8, 4) is 17.2 Å². The van der Waals surface area contributed by atoms with E-state index in [-0.39, 0.29) is 33.8 Å². The summed E-state index contributed by atoms with van der Waals surface area (Å²) in [6.07, 6.45) is 1.98. The van der Waals surface area contributed by atoms with Gasteiger partial charge >= 0.3 is 0 Å². The molecule has 0 aliphatic heterocycles. The summed E-state index contributed by atoms with van der Waals surface area (Å²) in [5.41, 5.74) is -0.312. The minimum absolute atomic E-state index is 0.0953. The molecule has 134 valence electrons. The molecule has 3 aromatic rings. The Hall–Kier alpha value is -2.79. The normalized spacial score (nSPS) is 12.2. The second kappa shape index (κ2) is 6.84. The molecular weight excluding hydrogens is 367 g/mol. The highest BCUT2D eigenvalue weighted by atomic mass is 35.5. The third-order valence-corrected chi connectivity index (χ3v) is 4.25. The number of nitrogens with one attached hydrogen (secondary N) is 1. The summed E-state index contributed by atoms with van der Waals surface area (Å²) in [6.45, 7) is 3.77. The number of fused-ring (bicyclic) bond motifs is 1. The SMILES string of the molecule is CCC(C)Nc1c(-c2c(F)cc(F)cc2F)c(Cl)nc2c(C#N)cnn12. The minimum Gasteiger partial charge on any atom is -0.367 e. The lowest BCUT2D eigenvalue weighted by molar-refractivity contribution is 0.548. The molecule has 3 rings (SSSR count). The Labute approximate surface area is 152 Å². The Bertz CT molecular complexity index is 1020. The Morgan fingerprint density at radius 1 is 1.27 bits per heavy atom. The van der Waals surface area contributed by atoms with Gasteiger partial charge in [-0.2, -0.15) is 14.9 Å². The maximum absolute atomic E-state index is 14.4. The lowest BCUT2D eigenvalue weighted by atomic mass is 10.1. The maximum atomic E-state index is 14.4. The molecule has 0 radical (unpaired) electrons. The highest BCUT2D eigenvalue weighted by molar-refractivity contribution is 6.33. The Morgan fingerprint density at radius 3 is 2.50 bits per heavy atom. The molecule has 26 heavy (non-hydrogen) atoms. The first-order valence-corrected chi connectivity index (χ1v) is 8.13. The van der Waals surface area contributed by atoms with E-state index in [0.717, 1.165) is 0 Å². The average Bonchev–Trinajstić information content (AvgIpc) is 2.98. The van der Waals surface area contributed by atoms with Crippen LogP contribution in [0.4, 0.5) is 19.0 Å². The number of anilines is 1. The van der Waals surface area contributed by atoms with Crippen molar-refractivity contribution >= 4 is 23.1 Å². The van der Waals surface area contributed by atoms with Crippen LogP contribution in [0, 0.1) is 28.8 Å². The summed E-state index contributed by atoms with van der Waals surface area (Å²) >= 11 is 6.21. The van der Waals surface area contributed by atoms with Gasteiger partial charge in [0.25, 0.3) is 0 Å². The van der Waals surface area contributed by atoms with Gasteiger partial charge in [0.2, 0.25) is 0 Å². The van der Waals surface area contributed by atoms with Crippen LogP contribution in [-0.2, 0) is 0 Å². The summed E-state index contributed by atoms with van der Waals surface area (Å²) in [7, 11) is 0. The lowest BCUT2D eigenvalue weighted by Crippen LogP contribution is -2.18. The van der Waals surface area contributed by atoms with Crippen LogP contribution >= 0.6 is 11.6 Å². The predicted molar refractivity (Wildman–Crippen MR) is 91.4 cm³/mol. The van der Waals surface area contributed by atoms with Crippen LogP contribution in [0.25, 0.3) is 16.8 Å². The van der Waals surface area contributed by atoms with Crippen molar-refractivity contribution in [2.24, 2.45) is 0 Å². The zero-order valence-electron chi connectivity index (χ0n) is 13.8. The van der Waals surface area contributed by atoms with Gasteiger partial charge in [-0.1, -0.05) is 18.5 Å². The molecule has 2 aromatic heterocycles. The molecule has 1 aromatic carbocycles. The number of rotatable bonds is 4. The van der Waals surface area contributed by atoms with Gasteiger partial charge in [0, 0.05) is 18.2 Å². The smallest absolute Gasteiger partial charge is 0.176 e. The molecule has 1 atom stereocenters. The van der Waals surface area contributed by atoms with E-state index >= 15 is 0 Å². The van der Waals surface area contributed by atoms with Gasteiger partial charge in [-0.3, -0.25) is 0 Å². The first-order valence-electron chi connectivity index (χ1n) is 7.76. The van der Waals surface area contributed by atoms with Gasteiger partial charge in [-0.15, -0.1) is 0 Å². The summed E-state index contributed by atoms with van der Waals surface area (Å²) in [6, 6.07) is 2.96. The molecule has 0 aliphatic carbocycles. The van der Waals surface area contributed by atoms with Crippen molar-refractivity contribution in [3.05, 3.63) is 46.5 Å². The second-order valence-corrected chi connectivity index (χ2v) is 6.09. The highest BCUT2D eigenvalue weighted by Gasteiger charge is 2.25. The molecule has 0 fully saturated rings. The first kappa shape index (κ1) is 18.0. The van der Waals surface area contributed by atoms with Crippen molar-refractivity contribution in [1.29, 1.82) is 5.26 Å². The number of aromatic nitrogens is 3. The van der Waals surface area contributed by atoms with E-state index in [9.17, 15) is 18.4 Å². The summed E-state index contributed by atoms with van der Waals surface area (Å²) < 4.78 is 43.3. The molecule has 0 amide bonds. The van der Waals surface area contributed by atoms with Crippen molar-refractivity contribution < 1.29 is 13.2 Å². The molecule has 0 saturated heterocycles. The van der Waals surface area contributed by atoms with E-state index in [4.69, 9.17) is 11.6 Å². The van der Waals surface area contributed by atoms with Crippen LogP contribution < -0.4 is 5.32 Å². The van der Waals surface area contributed by atoms with Gasteiger partial charge in [0.15, 0.2) is 5.65 Å². The standard InChI is InChI=1S/C17H13ClF3N5/c1-3-8(2)24-17-14(13-11(20)4-10(19)5-12(13)21)15(18)25-16-9(6-22)7-23-26(16)17/h4-5,7-8,24H,3H2,1-2H3. The predicted octanol–water partition coefficient (Wildman–Crippen LogP) is 4.55. The summed E-state index contributed by atoms with van der Waals surface area (Å²) in [5.74, 6) is -3.12. The van der Waals surface area contributed by atoms with Gasteiger partial charge in [-0.25, -0.2) is 18.2 Å². The van der Waals surface area contributed by atoms with Gasteiger partial charge < -0.3 is 5.32 Å². The van der Waals surface area contributed by atoms with Gasteiger partial charge in [0.1, 0.15) is 40.1 Å². The van der Waals surface area contributed by atoms with Crippen LogP contribution in [-0.4, -0.2) is 20.6 Å².